The summed E-state index contributed by atoms with van der Waals surface area (Å²) in [6.07, 6.45) is -4.51. The van der Waals surface area contributed by atoms with E-state index < -0.39 is 23.3 Å². The summed E-state index contributed by atoms with van der Waals surface area (Å²) < 4.78 is 45.2. The number of nitrogens with one attached hydrogen (secondary N) is 1. The van der Waals surface area contributed by atoms with Gasteiger partial charge < -0.3 is 9.72 Å². The highest BCUT2D eigenvalue weighted by Crippen LogP contribution is 2.33. The molecule has 2 aromatic carbocycles. The third kappa shape index (κ3) is 4.02. The Morgan fingerprint density at radius 1 is 1.03 bits per heavy atom. The molecule has 0 saturated heterocycles. The monoisotopic (exact) mass is 455 g/mol. The maximum absolute atomic E-state index is 13.3. The number of esters is 1. The third-order valence-electron chi connectivity index (χ3n) is 5.28. The SMILES string of the molecule is CCOC(=O)c1c(-c2ccc(C(F)(F)F)cc2)[nH]c2c(-c3ccc(C)cc3)c(C)nn2c1=O. The zero-order chi connectivity index (χ0) is 23.9. The molecule has 0 aliphatic carbocycles. The molecular weight excluding hydrogens is 435 g/mol. The van der Waals surface area contributed by atoms with E-state index >= 15 is 0 Å². The van der Waals surface area contributed by atoms with Crippen LogP contribution in [-0.4, -0.2) is 27.2 Å². The molecule has 33 heavy (non-hydrogen) atoms. The van der Waals surface area contributed by atoms with Gasteiger partial charge in [-0.2, -0.15) is 22.8 Å². The molecule has 4 aromatic rings. The van der Waals surface area contributed by atoms with E-state index in [1.807, 2.05) is 31.2 Å². The van der Waals surface area contributed by atoms with Crippen LogP contribution in [0.4, 0.5) is 13.2 Å². The van der Waals surface area contributed by atoms with Crippen molar-refractivity contribution < 1.29 is 22.7 Å². The largest absolute Gasteiger partial charge is 0.462 e. The number of benzene rings is 2. The minimum atomic E-state index is -4.51. The zero-order valence-electron chi connectivity index (χ0n) is 18.1. The number of hydrogen-bond acceptors (Lipinski definition) is 4. The Bertz CT molecular complexity index is 1400. The van der Waals surface area contributed by atoms with Gasteiger partial charge in [-0.05, 0) is 44.0 Å². The average Bonchev–Trinajstić information content (AvgIpc) is 3.10. The number of aryl methyl sites for hydroxylation is 2. The van der Waals surface area contributed by atoms with Crippen molar-refractivity contribution in [3.8, 4) is 22.4 Å². The van der Waals surface area contributed by atoms with Crippen molar-refractivity contribution in [1.82, 2.24) is 14.6 Å². The van der Waals surface area contributed by atoms with Gasteiger partial charge in [-0.25, -0.2) is 4.79 Å². The first-order valence-electron chi connectivity index (χ1n) is 10.2. The Morgan fingerprint density at radius 3 is 2.21 bits per heavy atom. The van der Waals surface area contributed by atoms with Crippen LogP contribution in [0.3, 0.4) is 0 Å². The summed E-state index contributed by atoms with van der Waals surface area (Å²) in [6, 6.07) is 11.8. The number of alkyl halides is 3. The van der Waals surface area contributed by atoms with E-state index in [0.717, 1.165) is 27.8 Å². The summed E-state index contributed by atoms with van der Waals surface area (Å²) in [5, 5.41) is 4.31. The molecule has 0 unspecified atom stereocenters. The highest BCUT2D eigenvalue weighted by atomic mass is 19.4. The molecule has 6 nitrogen and oxygen atoms in total. The van der Waals surface area contributed by atoms with E-state index in [0.29, 0.717) is 16.9 Å². The summed E-state index contributed by atoms with van der Waals surface area (Å²) in [5.74, 6) is -0.888. The van der Waals surface area contributed by atoms with E-state index in [1.54, 1.807) is 13.8 Å². The van der Waals surface area contributed by atoms with Crippen LogP contribution in [0.1, 0.15) is 34.1 Å². The first kappa shape index (κ1) is 22.3. The Balaban J connectivity index is 2.02. The van der Waals surface area contributed by atoms with Gasteiger partial charge in [-0.15, -0.1) is 0 Å². The highest BCUT2D eigenvalue weighted by molar-refractivity contribution is 5.97. The molecule has 0 atom stereocenters. The number of H-pyrrole nitrogens is 1. The number of rotatable bonds is 4. The number of fused-ring (bicyclic) bond motifs is 1. The number of carbonyl (C=O) groups excluding carboxylic acids is 1. The van der Waals surface area contributed by atoms with E-state index in [2.05, 4.69) is 10.1 Å². The summed E-state index contributed by atoms with van der Waals surface area (Å²) in [6.45, 7) is 5.30. The number of hydrogen-bond donors (Lipinski definition) is 1. The molecule has 2 aromatic heterocycles. The molecule has 9 heteroatoms. The lowest BCUT2D eigenvalue weighted by Crippen LogP contribution is -2.26. The maximum Gasteiger partial charge on any atom is 0.416 e. The van der Waals surface area contributed by atoms with Crippen LogP contribution in [-0.2, 0) is 10.9 Å². The van der Waals surface area contributed by atoms with Crippen molar-refractivity contribution in [1.29, 1.82) is 0 Å². The van der Waals surface area contributed by atoms with Gasteiger partial charge in [0.15, 0.2) is 5.56 Å². The van der Waals surface area contributed by atoms with Crippen LogP contribution >= 0.6 is 0 Å². The second-order valence-corrected chi connectivity index (χ2v) is 7.56. The molecule has 0 fully saturated rings. The van der Waals surface area contributed by atoms with Gasteiger partial charge in [-0.3, -0.25) is 4.79 Å². The first-order chi connectivity index (χ1) is 15.6. The lowest BCUT2D eigenvalue weighted by molar-refractivity contribution is -0.137. The summed E-state index contributed by atoms with van der Waals surface area (Å²) in [7, 11) is 0. The van der Waals surface area contributed by atoms with Gasteiger partial charge in [0.2, 0.25) is 0 Å². The van der Waals surface area contributed by atoms with Crippen LogP contribution < -0.4 is 5.56 Å². The van der Waals surface area contributed by atoms with E-state index in [1.165, 1.54) is 12.1 Å². The van der Waals surface area contributed by atoms with Crippen molar-refractivity contribution >= 4 is 11.6 Å². The molecule has 1 N–H and O–H groups in total. The molecule has 0 spiro atoms. The smallest absolute Gasteiger partial charge is 0.416 e. The lowest BCUT2D eigenvalue weighted by atomic mass is 10.0. The molecule has 4 rings (SSSR count). The van der Waals surface area contributed by atoms with Crippen molar-refractivity contribution in [2.24, 2.45) is 0 Å². The third-order valence-corrected chi connectivity index (χ3v) is 5.28. The number of carbonyl (C=O) groups is 1. The predicted molar refractivity (Wildman–Crippen MR) is 117 cm³/mol. The number of ether oxygens (including phenoxy) is 1. The van der Waals surface area contributed by atoms with Crippen molar-refractivity contribution in [3.05, 3.63) is 81.3 Å². The van der Waals surface area contributed by atoms with Gasteiger partial charge in [0.1, 0.15) is 5.65 Å². The number of halogens is 3. The molecule has 0 saturated carbocycles. The van der Waals surface area contributed by atoms with Gasteiger partial charge in [0.05, 0.1) is 23.6 Å². The fourth-order valence-corrected chi connectivity index (χ4v) is 3.68. The molecule has 0 bridgehead atoms. The van der Waals surface area contributed by atoms with Crippen molar-refractivity contribution in [2.75, 3.05) is 6.61 Å². The highest BCUT2D eigenvalue weighted by Gasteiger charge is 2.31. The minimum absolute atomic E-state index is 0.0233. The van der Waals surface area contributed by atoms with Crippen LogP contribution in [0, 0.1) is 13.8 Å². The fourth-order valence-electron chi connectivity index (χ4n) is 3.68. The van der Waals surface area contributed by atoms with E-state index in [-0.39, 0.29) is 23.4 Å². The minimum Gasteiger partial charge on any atom is -0.462 e. The van der Waals surface area contributed by atoms with Crippen molar-refractivity contribution in [3.63, 3.8) is 0 Å². The molecule has 170 valence electrons. The molecular formula is C24H20F3N3O3. The van der Waals surface area contributed by atoms with Crippen LogP contribution in [0.25, 0.3) is 28.0 Å². The topological polar surface area (TPSA) is 76.5 Å². The standard InChI is InChI=1S/C24H20F3N3O3/c1-4-33-23(32)19-20(16-9-11-17(12-10-16)24(25,26)27)28-21-18(14(3)29-30(21)22(19)31)15-7-5-13(2)6-8-15/h5-12,28H,4H2,1-3H3. The number of nitrogens with zero attached hydrogens (tertiary/aromatic N) is 2. The Hall–Kier alpha value is -3.88. The Morgan fingerprint density at radius 2 is 1.64 bits per heavy atom. The lowest BCUT2D eigenvalue weighted by Gasteiger charge is -2.12. The van der Waals surface area contributed by atoms with E-state index in [9.17, 15) is 22.8 Å². The van der Waals surface area contributed by atoms with E-state index in [4.69, 9.17) is 4.74 Å². The first-order valence-corrected chi connectivity index (χ1v) is 10.2. The second kappa shape index (κ2) is 8.23. The Labute approximate surface area is 186 Å². The zero-order valence-corrected chi connectivity index (χ0v) is 18.1. The second-order valence-electron chi connectivity index (χ2n) is 7.56. The predicted octanol–water partition coefficient (Wildman–Crippen LogP) is 5.17. The molecule has 0 aliphatic heterocycles. The van der Waals surface area contributed by atoms with Crippen molar-refractivity contribution in [2.45, 2.75) is 26.9 Å². The average molecular weight is 455 g/mol. The fraction of sp³-hybridized carbons (Fsp3) is 0.208. The quantitative estimate of drug-likeness (QED) is 0.431. The Kier molecular flexibility index (Phi) is 5.57. The number of aromatic nitrogens is 3. The van der Waals surface area contributed by atoms with Crippen LogP contribution in [0.5, 0.6) is 0 Å². The number of aromatic amines is 1. The maximum atomic E-state index is 13.3. The van der Waals surface area contributed by atoms with Gasteiger partial charge >= 0.3 is 12.1 Å². The molecule has 2 heterocycles. The normalized spacial score (nSPS) is 11.7. The van der Waals surface area contributed by atoms with Crippen LogP contribution in [0.15, 0.2) is 53.3 Å². The van der Waals surface area contributed by atoms with Gasteiger partial charge in [0.25, 0.3) is 5.56 Å². The molecule has 0 radical (unpaired) electrons. The van der Waals surface area contributed by atoms with Crippen LogP contribution in [0.2, 0.25) is 0 Å². The summed E-state index contributed by atoms with van der Waals surface area (Å²) in [5.41, 5.74) is 1.77. The molecule has 0 aliphatic rings. The van der Waals surface area contributed by atoms with Gasteiger partial charge in [-0.1, -0.05) is 42.0 Å². The van der Waals surface area contributed by atoms with Gasteiger partial charge in [0, 0.05) is 5.56 Å². The summed E-state index contributed by atoms with van der Waals surface area (Å²) in [4.78, 5) is 29.1. The molecule has 0 amide bonds. The summed E-state index contributed by atoms with van der Waals surface area (Å²) >= 11 is 0.